The summed E-state index contributed by atoms with van der Waals surface area (Å²) in [6.45, 7) is 2.61. The van der Waals surface area contributed by atoms with Crippen LogP contribution in [0, 0.1) is 5.92 Å². The summed E-state index contributed by atoms with van der Waals surface area (Å²) in [5.74, 6) is 0.633. The molecular weight excluding hydrogens is 272 g/mol. The zero-order valence-corrected chi connectivity index (χ0v) is 12.9. The standard InChI is InChI=1S/C15H24N2O2S/c1-17(13-15-8-5-10-16-12-15)20(18,19)11-9-14-6-3-2-4-7-14/h2-4,6-7,15-16H,5,8-13H2,1H3. The van der Waals surface area contributed by atoms with Gasteiger partial charge in [-0.1, -0.05) is 30.3 Å². The van der Waals surface area contributed by atoms with Gasteiger partial charge in [0.05, 0.1) is 5.75 Å². The Morgan fingerprint density at radius 2 is 2.05 bits per heavy atom. The zero-order chi connectivity index (χ0) is 14.4. The Balaban J connectivity index is 1.85. The number of hydrogen-bond donors (Lipinski definition) is 1. The molecule has 20 heavy (non-hydrogen) atoms. The van der Waals surface area contributed by atoms with Crippen LogP contribution in [0.25, 0.3) is 0 Å². The maximum absolute atomic E-state index is 12.3. The molecule has 1 unspecified atom stereocenters. The molecule has 0 saturated carbocycles. The highest BCUT2D eigenvalue weighted by atomic mass is 32.2. The first-order valence-electron chi connectivity index (χ1n) is 7.26. The highest BCUT2D eigenvalue weighted by Gasteiger charge is 2.22. The van der Waals surface area contributed by atoms with Crippen molar-refractivity contribution in [2.75, 3.05) is 32.4 Å². The van der Waals surface area contributed by atoms with Crippen LogP contribution in [0.15, 0.2) is 30.3 Å². The lowest BCUT2D eigenvalue weighted by Gasteiger charge is -2.27. The van der Waals surface area contributed by atoms with E-state index in [2.05, 4.69) is 5.32 Å². The van der Waals surface area contributed by atoms with Crippen LogP contribution in [0.3, 0.4) is 0 Å². The molecular formula is C15H24N2O2S. The Labute approximate surface area is 122 Å². The van der Waals surface area contributed by atoms with Crippen LogP contribution in [0.4, 0.5) is 0 Å². The predicted octanol–water partition coefficient (Wildman–Crippen LogP) is 1.49. The van der Waals surface area contributed by atoms with Gasteiger partial charge < -0.3 is 5.32 Å². The smallest absolute Gasteiger partial charge is 0.214 e. The topological polar surface area (TPSA) is 49.4 Å². The van der Waals surface area contributed by atoms with Gasteiger partial charge in [-0.15, -0.1) is 0 Å². The van der Waals surface area contributed by atoms with E-state index in [-0.39, 0.29) is 5.75 Å². The fourth-order valence-electron chi connectivity index (χ4n) is 2.60. The minimum absolute atomic E-state index is 0.188. The van der Waals surface area contributed by atoms with Gasteiger partial charge in [-0.05, 0) is 43.8 Å². The summed E-state index contributed by atoms with van der Waals surface area (Å²) in [5.41, 5.74) is 1.07. The van der Waals surface area contributed by atoms with E-state index >= 15 is 0 Å². The third-order valence-electron chi connectivity index (χ3n) is 3.88. The summed E-state index contributed by atoms with van der Waals surface area (Å²) >= 11 is 0. The Morgan fingerprint density at radius 3 is 2.70 bits per heavy atom. The second-order valence-corrected chi connectivity index (χ2v) is 7.74. The fraction of sp³-hybridized carbons (Fsp3) is 0.600. The summed E-state index contributed by atoms with van der Waals surface area (Å²) in [6, 6.07) is 9.78. The van der Waals surface area contributed by atoms with E-state index < -0.39 is 10.0 Å². The van der Waals surface area contributed by atoms with Crippen LogP contribution in [0.2, 0.25) is 0 Å². The van der Waals surface area contributed by atoms with Crippen LogP contribution >= 0.6 is 0 Å². The fourth-order valence-corrected chi connectivity index (χ4v) is 3.85. The minimum atomic E-state index is -3.15. The van der Waals surface area contributed by atoms with Crippen LogP contribution in [-0.4, -0.2) is 45.2 Å². The number of aryl methyl sites for hydroxylation is 1. The number of nitrogens with zero attached hydrogens (tertiary/aromatic N) is 1. The molecule has 2 rings (SSSR count). The van der Waals surface area contributed by atoms with Crippen molar-refractivity contribution in [3.63, 3.8) is 0 Å². The molecule has 0 radical (unpaired) electrons. The van der Waals surface area contributed by atoms with Gasteiger partial charge in [0.1, 0.15) is 0 Å². The summed E-state index contributed by atoms with van der Waals surface area (Å²) in [4.78, 5) is 0. The van der Waals surface area contributed by atoms with Crippen molar-refractivity contribution in [1.29, 1.82) is 0 Å². The van der Waals surface area contributed by atoms with Crippen molar-refractivity contribution < 1.29 is 8.42 Å². The first-order valence-corrected chi connectivity index (χ1v) is 8.87. The van der Waals surface area contributed by atoms with E-state index in [9.17, 15) is 8.42 Å². The summed E-state index contributed by atoms with van der Waals surface area (Å²) in [7, 11) is -1.45. The maximum Gasteiger partial charge on any atom is 0.214 e. The molecule has 1 heterocycles. The van der Waals surface area contributed by atoms with Crippen molar-refractivity contribution >= 4 is 10.0 Å². The van der Waals surface area contributed by atoms with Crippen LogP contribution in [0.1, 0.15) is 18.4 Å². The predicted molar refractivity (Wildman–Crippen MR) is 82.2 cm³/mol. The maximum atomic E-state index is 12.3. The largest absolute Gasteiger partial charge is 0.316 e. The summed E-state index contributed by atoms with van der Waals surface area (Å²) in [6.07, 6.45) is 2.84. The number of nitrogens with one attached hydrogen (secondary N) is 1. The van der Waals surface area contributed by atoms with Gasteiger partial charge in [0.25, 0.3) is 0 Å². The quantitative estimate of drug-likeness (QED) is 0.865. The van der Waals surface area contributed by atoms with E-state index in [1.165, 1.54) is 4.31 Å². The third-order valence-corrected chi connectivity index (χ3v) is 5.70. The van der Waals surface area contributed by atoms with Crippen molar-refractivity contribution in [3.8, 4) is 0 Å². The molecule has 0 aromatic heterocycles. The van der Waals surface area contributed by atoms with E-state index in [1.807, 2.05) is 30.3 Å². The number of sulfonamides is 1. The molecule has 1 aromatic rings. The lowest BCUT2D eigenvalue weighted by molar-refractivity contribution is 0.315. The van der Waals surface area contributed by atoms with Gasteiger partial charge >= 0.3 is 0 Å². The van der Waals surface area contributed by atoms with E-state index in [0.717, 1.165) is 31.5 Å². The Bertz CT molecular complexity index is 496. The number of piperidine rings is 1. The van der Waals surface area contributed by atoms with Crippen molar-refractivity contribution in [3.05, 3.63) is 35.9 Å². The molecule has 0 spiro atoms. The molecule has 1 aliphatic heterocycles. The average molecular weight is 296 g/mol. The number of hydrogen-bond acceptors (Lipinski definition) is 3. The van der Waals surface area contributed by atoms with Crippen LogP contribution in [0.5, 0.6) is 0 Å². The normalized spacial score (nSPS) is 20.2. The first kappa shape index (κ1) is 15.5. The van der Waals surface area contributed by atoms with Gasteiger partial charge in [-0.2, -0.15) is 0 Å². The van der Waals surface area contributed by atoms with E-state index in [0.29, 0.717) is 18.9 Å². The second kappa shape index (κ2) is 7.20. The van der Waals surface area contributed by atoms with E-state index in [4.69, 9.17) is 0 Å². The Morgan fingerprint density at radius 1 is 1.30 bits per heavy atom. The molecule has 112 valence electrons. The second-order valence-electron chi connectivity index (χ2n) is 5.54. The van der Waals surface area contributed by atoms with E-state index in [1.54, 1.807) is 7.05 Å². The molecule has 0 bridgehead atoms. The van der Waals surface area contributed by atoms with Gasteiger partial charge in [-0.25, -0.2) is 12.7 Å². The van der Waals surface area contributed by atoms with Gasteiger partial charge in [0.15, 0.2) is 0 Å². The average Bonchev–Trinajstić information content (AvgIpc) is 2.47. The Hall–Kier alpha value is -0.910. The van der Waals surface area contributed by atoms with Crippen molar-refractivity contribution in [1.82, 2.24) is 9.62 Å². The molecule has 1 N–H and O–H groups in total. The first-order chi connectivity index (χ1) is 9.58. The zero-order valence-electron chi connectivity index (χ0n) is 12.1. The molecule has 0 amide bonds. The van der Waals surface area contributed by atoms with Crippen molar-refractivity contribution in [2.45, 2.75) is 19.3 Å². The lowest BCUT2D eigenvalue weighted by atomic mass is 10.00. The summed E-state index contributed by atoms with van der Waals surface area (Å²) < 4.78 is 26.1. The molecule has 1 saturated heterocycles. The molecule has 1 fully saturated rings. The molecule has 4 nitrogen and oxygen atoms in total. The molecule has 1 aliphatic rings. The number of benzene rings is 1. The molecule has 0 aliphatic carbocycles. The molecule has 5 heteroatoms. The monoisotopic (exact) mass is 296 g/mol. The highest BCUT2D eigenvalue weighted by Crippen LogP contribution is 2.14. The third kappa shape index (κ3) is 4.58. The van der Waals surface area contributed by atoms with Crippen molar-refractivity contribution in [2.24, 2.45) is 5.92 Å². The van der Waals surface area contributed by atoms with Gasteiger partial charge in [-0.3, -0.25) is 0 Å². The highest BCUT2D eigenvalue weighted by molar-refractivity contribution is 7.89. The Kier molecular flexibility index (Phi) is 5.57. The minimum Gasteiger partial charge on any atom is -0.316 e. The lowest BCUT2D eigenvalue weighted by Crippen LogP contribution is -2.40. The van der Waals surface area contributed by atoms with Crippen LogP contribution < -0.4 is 5.32 Å². The summed E-state index contributed by atoms with van der Waals surface area (Å²) in [5, 5.41) is 3.33. The molecule has 1 aromatic carbocycles. The van der Waals surface area contributed by atoms with Gasteiger partial charge in [0.2, 0.25) is 10.0 Å². The number of rotatable bonds is 6. The molecule has 1 atom stereocenters. The SMILES string of the molecule is CN(CC1CCCNC1)S(=O)(=O)CCc1ccccc1. The van der Waals surface area contributed by atoms with Gasteiger partial charge in [0, 0.05) is 13.6 Å². The van der Waals surface area contributed by atoms with Crippen LogP contribution in [-0.2, 0) is 16.4 Å².